The Bertz CT molecular complexity index is 742. The maximum atomic E-state index is 4.58. The Morgan fingerprint density at radius 2 is 2.04 bits per heavy atom. The molecule has 0 saturated heterocycles. The molecule has 3 nitrogen and oxygen atoms in total. The van der Waals surface area contributed by atoms with Gasteiger partial charge in [0.05, 0.1) is 11.4 Å². The molecule has 0 saturated carbocycles. The summed E-state index contributed by atoms with van der Waals surface area (Å²) in [5, 5.41) is 0. The Balaban J connectivity index is 2.31. The molecule has 2 rings (SSSR count). The Morgan fingerprint density at radius 3 is 2.70 bits per heavy atom. The topological polar surface area (TPSA) is 28.5 Å². The van der Waals surface area contributed by atoms with E-state index in [-0.39, 0.29) is 0 Å². The van der Waals surface area contributed by atoms with Gasteiger partial charge in [0.2, 0.25) is 0 Å². The van der Waals surface area contributed by atoms with Gasteiger partial charge in [0, 0.05) is 30.6 Å². The van der Waals surface area contributed by atoms with Crippen LogP contribution in [0.15, 0.2) is 85.2 Å². The van der Waals surface area contributed by atoms with Gasteiger partial charge in [0.25, 0.3) is 0 Å². The molecule has 0 unspecified atom stereocenters. The van der Waals surface area contributed by atoms with Crippen molar-refractivity contribution in [3.8, 4) is 11.3 Å². The van der Waals surface area contributed by atoms with Crippen LogP contribution >= 0.6 is 0 Å². The standard InChI is InChI=1S/C20H21N3/c1-5-14-23(4)20(6-2)22-16(3)17-10-9-11-18(15-17)19-12-7-8-13-21-19/h5-15H,2-3H2,1,4H3/b14-5-,22-20?. The van der Waals surface area contributed by atoms with E-state index in [4.69, 9.17) is 0 Å². The van der Waals surface area contributed by atoms with Crippen molar-refractivity contribution >= 4 is 11.5 Å². The van der Waals surface area contributed by atoms with Crippen LogP contribution < -0.4 is 0 Å². The molecule has 1 aromatic carbocycles. The second kappa shape index (κ2) is 7.90. The first-order chi connectivity index (χ1) is 11.2. The molecular formula is C20H21N3. The molecule has 0 bridgehead atoms. The van der Waals surface area contributed by atoms with Crippen molar-refractivity contribution in [2.24, 2.45) is 4.99 Å². The van der Waals surface area contributed by atoms with Crippen molar-refractivity contribution in [3.05, 3.63) is 85.7 Å². The average Bonchev–Trinajstić information content (AvgIpc) is 2.60. The minimum atomic E-state index is 0.689. The van der Waals surface area contributed by atoms with Crippen LogP contribution in [-0.2, 0) is 0 Å². The van der Waals surface area contributed by atoms with Crippen LogP contribution in [0.2, 0.25) is 0 Å². The van der Waals surface area contributed by atoms with Crippen molar-refractivity contribution in [2.75, 3.05) is 7.05 Å². The number of allylic oxidation sites excluding steroid dienone is 1. The second-order valence-electron chi connectivity index (χ2n) is 5.01. The summed E-state index contributed by atoms with van der Waals surface area (Å²) in [5.41, 5.74) is 3.62. The van der Waals surface area contributed by atoms with Crippen LogP contribution in [0.25, 0.3) is 17.0 Å². The van der Waals surface area contributed by atoms with Crippen molar-refractivity contribution < 1.29 is 0 Å². The van der Waals surface area contributed by atoms with E-state index in [2.05, 4.69) is 23.1 Å². The van der Waals surface area contributed by atoms with Crippen LogP contribution in [0.5, 0.6) is 0 Å². The zero-order chi connectivity index (χ0) is 16.7. The van der Waals surface area contributed by atoms with Gasteiger partial charge in [-0.3, -0.25) is 4.98 Å². The molecule has 0 aliphatic rings. The van der Waals surface area contributed by atoms with Crippen LogP contribution in [0.3, 0.4) is 0 Å². The fraction of sp³-hybridized carbons (Fsp3) is 0.100. The van der Waals surface area contributed by atoms with Gasteiger partial charge >= 0.3 is 0 Å². The third kappa shape index (κ3) is 4.27. The molecule has 0 N–H and O–H groups in total. The number of aliphatic imine (C=N–C) groups is 1. The van der Waals surface area contributed by atoms with Gasteiger partial charge in [-0.25, -0.2) is 4.99 Å². The molecule has 116 valence electrons. The SMILES string of the molecule is C=CC(=NC(=C)c1cccc(-c2ccccn2)c1)N(C)/C=C\C. The van der Waals surface area contributed by atoms with E-state index in [0.717, 1.165) is 22.7 Å². The van der Waals surface area contributed by atoms with E-state index in [1.807, 2.05) is 73.6 Å². The first-order valence-electron chi connectivity index (χ1n) is 7.43. The number of rotatable bonds is 5. The van der Waals surface area contributed by atoms with Gasteiger partial charge in [-0.1, -0.05) is 43.5 Å². The quantitative estimate of drug-likeness (QED) is 0.588. The fourth-order valence-electron chi connectivity index (χ4n) is 2.16. The first kappa shape index (κ1) is 16.4. The summed E-state index contributed by atoms with van der Waals surface area (Å²) >= 11 is 0. The summed E-state index contributed by atoms with van der Waals surface area (Å²) < 4.78 is 0. The molecule has 0 aliphatic heterocycles. The molecule has 1 aromatic heterocycles. The summed E-state index contributed by atoms with van der Waals surface area (Å²) in [6.45, 7) is 9.86. The Labute approximate surface area is 138 Å². The maximum Gasteiger partial charge on any atom is 0.132 e. The van der Waals surface area contributed by atoms with Gasteiger partial charge < -0.3 is 4.90 Å². The normalized spacial score (nSPS) is 11.5. The lowest BCUT2D eigenvalue weighted by atomic mass is 10.1. The molecule has 23 heavy (non-hydrogen) atoms. The van der Waals surface area contributed by atoms with E-state index in [1.165, 1.54) is 0 Å². The van der Waals surface area contributed by atoms with Crippen LogP contribution in [0, 0.1) is 0 Å². The van der Waals surface area contributed by atoms with Crippen molar-refractivity contribution in [1.82, 2.24) is 9.88 Å². The molecule has 3 heteroatoms. The lowest BCUT2D eigenvalue weighted by Crippen LogP contribution is -2.18. The van der Waals surface area contributed by atoms with Gasteiger partial charge in [-0.15, -0.1) is 0 Å². The van der Waals surface area contributed by atoms with Gasteiger partial charge in [0.1, 0.15) is 5.84 Å². The third-order valence-corrected chi connectivity index (χ3v) is 3.32. The molecule has 2 aromatic rings. The molecule has 1 heterocycles. The summed E-state index contributed by atoms with van der Waals surface area (Å²) in [6, 6.07) is 13.9. The number of nitrogens with zero attached hydrogens (tertiary/aromatic N) is 3. The predicted octanol–water partition coefficient (Wildman–Crippen LogP) is 4.77. The Kier molecular flexibility index (Phi) is 5.64. The molecule has 0 aliphatic carbocycles. The lowest BCUT2D eigenvalue weighted by molar-refractivity contribution is 0.691. The van der Waals surface area contributed by atoms with E-state index in [9.17, 15) is 0 Å². The number of pyridine rings is 1. The van der Waals surface area contributed by atoms with Gasteiger partial charge in [-0.2, -0.15) is 0 Å². The molecular weight excluding hydrogens is 282 g/mol. The van der Waals surface area contributed by atoms with Gasteiger partial charge in [-0.05, 0) is 31.2 Å². The highest BCUT2D eigenvalue weighted by atomic mass is 15.1. The molecule has 0 amide bonds. The van der Waals surface area contributed by atoms with Crippen molar-refractivity contribution in [3.63, 3.8) is 0 Å². The first-order valence-corrected chi connectivity index (χ1v) is 7.43. The average molecular weight is 303 g/mol. The highest BCUT2D eigenvalue weighted by molar-refractivity contribution is 5.96. The number of amidine groups is 1. The van der Waals surface area contributed by atoms with E-state index >= 15 is 0 Å². The summed E-state index contributed by atoms with van der Waals surface area (Å²) in [4.78, 5) is 10.9. The fourth-order valence-corrected chi connectivity index (χ4v) is 2.16. The third-order valence-electron chi connectivity index (χ3n) is 3.32. The van der Waals surface area contributed by atoms with E-state index in [1.54, 1.807) is 12.3 Å². The van der Waals surface area contributed by atoms with E-state index < -0.39 is 0 Å². The monoisotopic (exact) mass is 303 g/mol. The number of likely N-dealkylation sites (N-methyl/N-ethyl adjacent to an activating group) is 1. The minimum Gasteiger partial charge on any atom is -0.336 e. The molecule has 0 radical (unpaired) electrons. The summed E-state index contributed by atoms with van der Waals surface area (Å²) in [5.74, 6) is 0.747. The zero-order valence-electron chi connectivity index (χ0n) is 13.6. The summed E-state index contributed by atoms with van der Waals surface area (Å²) in [6.07, 6.45) is 7.38. The minimum absolute atomic E-state index is 0.689. The van der Waals surface area contributed by atoms with Crippen LogP contribution in [0.1, 0.15) is 12.5 Å². The van der Waals surface area contributed by atoms with E-state index in [0.29, 0.717) is 5.70 Å². The second-order valence-corrected chi connectivity index (χ2v) is 5.01. The number of hydrogen-bond acceptors (Lipinski definition) is 2. The van der Waals surface area contributed by atoms with Crippen LogP contribution in [0.4, 0.5) is 0 Å². The smallest absolute Gasteiger partial charge is 0.132 e. The summed E-state index contributed by atoms with van der Waals surface area (Å²) in [7, 11) is 1.93. The number of hydrogen-bond donors (Lipinski definition) is 0. The molecule has 0 spiro atoms. The lowest BCUT2D eigenvalue weighted by Gasteiger charge is -2.14. The zero-order valence-corrected chi connectivity index (χ0v) is 13.6. The Morgan fingerprint density at radius 1 is 1.22 bits per heavy atom. The maximum absolute atomic E-state index is 4.58. The van der Waals surface area contributed by atoms with Crippen molar-refractivity contribution in [1.29, 1.82) is 0 Å². The predicted molar refractivity (Wildman–Crippen MR) is 98.9 cm³/mol. The Hall–Kier alpha value is -2.94. The van der Waals surface area contributed by atoms with Crippen molar-refractivity contribution in [2.45, 2.75) is 6.92 Å². The van der Waals surface area contributed by atoms with Gasteiger partial charge in [0.15, 0.2) is 0 Å². The molecule has 0 fully saturated rings. The largest absolute Gasteiger partial charge is 0.336 e. The van der Waals surface area contributed by atoms with Crippen LogP contribution in [-0.4, -0.2) is 22.8 Å². The number of benzene rings is 1. The highest BCUT2D eigenvalue weighted by Crippen LogP contribution is 2.22. The number of aromatic nitrogens is 1. The molecule has 0 atom stereocenters. The highest BCUT2D eigenvalue weighted by Gasteiger charge is 2.05.